The van der Waals surface area contributed by atoms with Crippen LogP contribution in [0.2, 0.25) is 0 Å². The molecule has 0 unspecified atom stereocenters. The van der Waals surface area contributed by atoms with E-state index in [0.29, 0.717) is 5.56 Å². The largest absolute Gasteiger partial charge is 0.478 e. The highest BCUT2D eigenvalue weighted by atomic mass is 79.9. The average Bonchev–Trinajstić information content (AvgIpc) is 2.41. The Morgan fingerprint density at radius 3 is 2.47 bits per heavy atom. The molecule has 98 valence electrons. The van der Waals surface area contributed by atoms with Crippen molar-refractivity contribution < 1.29 is 9.90 Å². The van der Waals surface area contributed by atoms with Crippen LogP contribution in [0.15, 0.2) is 53.0 Å². The summed E-state index contributed by atoms with van der Waals surface area (Å²) in [6.07, 6.45) is 2.70. The first-order valence-corrected chi connectivity index (χ1v) is 7.02. The molecule has 0 atom stereocenters. The van der Waals surface area contributed by atoms with Gasteiger partial charge in [-0.05, 0) is 42.5 Å². The lowest BCUT2D eigenvalue weighted by molar-refractivity contribution is 0.0695. The van der Waals surface area contributed by atoms with Gasteiger partial charge in [0.15, 0.2) is 0 Å². The number of halogens is 1. The Kier molecular flexibility index (Phi) is 4.74. The van der Waals surface area contributed by atoms with Crippen LogP contribution in [-0.4, -0.2) is 11.1 Å². The molecule has 0 saturated heterocycles. The molecule has 0 spiro atoms. The van der Waals surface area contributed by atoms with Gasteiger partial charge in [-0.2, -0.15) is 0 Å². The Morgan fingerprint density at radius 2 is 1.79 bits per heavy atom. The van der Waals surface area contributed by atoms with E-state index in [1.807, 2.05) is 30.3 Å². The normalized spacial score (nSPS) is 10.4. The number of carboxylic acid groups (broad SMARTS) is 1. The Morgan fingerprint density at radius 1 is 1.05 bits per heavy atom. The second-order valence-corrected chi connectivity index (χ2v) is 5.36. The summed E-state index contributed by atoms with van der Waals surface area (Å²) in [7, 11) is 0. The molecule has 0 aliphatic carbocycles. The van der Waals surface area contributed by atoms with Crippen LogP contribution in [0.5, 0.6) is 0 Å². The highest BCUT2D eigenvalue weighted by Gasteiger charge is 2.10. The van der Waals surface area contributed by atoms with E-state index in [0.717, 1.165) is 29.3 Å². The maximum absolute atomic E-state index is 11.2. The minimum Gasteiger partial charge on any atom is -0.478 e. The van der Waals surface area contributed by atoms with Crippen molar-refractivity contribution in [3.8, 4) is 0 Å². The topological polar surface area (TPSA) is 37.3 Å². The molecule has 0 amide bonds. The highest BCUT2D eigenvalue weighted by molar-refractivity contribution is 9.10. The number of aromatic carboxylic acids is 1. The molecule has 2 rings (SSSR count). The molecule has 0 aromatic heterocycles. The van der Waals surface area contributed by atoms with Crippen molar-refractivity contribution in [3.63, 3.8) is 0 Å². The van der Waals surface area contributed by atoms with Crippen LogP contribution in [0.4, 0.5) is 0 Å². The second kappa shape index (κ2) is 6.53. The van der Waals surface area contributed by atoms with Crippen molar-refractivity contribution in [2.45, 2.75) is 19.3 Å². The number of hydrogen-bond donors (Lipinski definition) is 1. The number of rotatable bonds is 5. The first kappa shape index (κ1) is 13.8. The summed E-state index contributed by atoms with van der Waals surface area (Å²) in [6.45, 7) is 0. The monoisotopic (exact) mass is 318 g/mol. The van der Waals surface area contributed by atoms with Crippen molar-refractivity contribution in [2.75, 3.05) is 0 Å². The first-order chi connectivity index (χ1) is 9.16. The van der Waals surface area contributed by atoms with Gasteiger partial charge in [0.05, 0.1) is 5.56 Å². The summed E-state index contributed by atoms with van der Waals surface area (Å²) in [5.74, 6) is -0.865. The van der Waals surface area contributed by atoms with Gasteiger partial charge in [0.1, 0.15) is 0 Å². The number of carbonyl (C=O) groups is 1. The van der Waals surface area contributed by atoms with Gasteiger partial charge in [-0.15, -0.1) is 0 Å². The molecule has 1 N–H and O–H groups in total. The number of aryl methyl sites for hydroxylation is 2. The Hall–Kier alpha value is -1.61. The zero-order valence-corrected chi connectivity index (χ0v) is 12.1. The lowest BCUT2D eigenvalue weighted by Crippen LogP contribution is -2.03. The molecule has 0 aliphatic rings. The van der Waals surface area contributed by atoms with E-state index in [1.54, 1.807) is 6.07 Å². The molecule has 0 heterocycles. The summed E-state index contributed by atoms with van der Waals surface area (Å²) in [4.78, 5) is 11.2. The van der Waals surface area contributed by atoms with Crippen molar-refractivity contribution >= 4 is 21.9 Å². The smallest absolute Gasteiger partial charge is 0.336 e. The minimum atomic E-state index is -0.865. The van der Waals surface area contributed by atoms with Gasteiger partial charge in [-0.1, -0.05) is 52.3 Å². The van der Waals surface area contributed by atoms with Gasteiger partial charge in [0.2, 0.25) is 0 Å². The molecule has 0 radical (unpaired) electrons. The van der Waals surface area contributed by atoms with Gasteiger partial charge in [-0.25, -0.2) is 4.79 Å². The van der Waals surface area contributed by atoms with Crippen LogP contribution < -0.4 is 0 Å². The Labute approximate surface area is 121 Å². The molecule has 0 bridgehead atoms. The molecular weight excluding hydrogens is 304 g/mol. The van der Waals surface area contributed by atoms with E-state index < -0.39 is 5.97 Å². The SMILES string of the molecule is O=C(O)c1cc(Br)ccc1CCCc1ccccc1. The minimum absolute atomic E-state index is 0.391. The predicted molar refractivity (Wildman–Crippen MR) is 79.6 cm³/mol. The van der Waals surface area contributed by atoms with Gasteiger partial charge < -0.3 is 5.11 Å². The van der Waals surface area contributed by atoms with Crippen LogP contribution in [-0.2, 0) is 12.8 Å². The predicted octanol–water partition coefficient (Wildman–Crippen LogP) is 4.32. The van der Waals surface area contributed by atoms with Crippen LogP contribution in [0, 0.1) is 0 Å². The highest BCUT2D eigenvalue weighted by Crippen LogP contribution is 2.19. The zero-order valence-electron chi connectivity index (χ0n) is 10.5. The van der Waals surface area contributed by atoms with E-state index in [4.69, 9.17) is 0 Å². The van der Waals surface area contributed by atoms with E-state index in [-0.39, 0.29) is 0 Å². The maximum atomic E-state index is 11.2. The van der Waals surface area contributed by atoms with Crippen LogP contribution in [0.25, 0.3) is 0 Å². The number of benzene rings is 2. The third-order valence-electron chi connectivity index (χ3n) is 3.06. The Balaban J connectivity index is 2.02. The van der Waals surface area contributed by atoms with Gasteiger partial charge >= 0.3 is 5.97 Å². The molecule has 0 saturated carbocycles. The molecule has 0 aliphatic heterocycles. The molecule has 0 fully saturated rings. The lowest BCUT2D eigenvalue weighted by atomic mass is 10.00. The van der Waals surface area contributed by atoms with Gasteiger partial charge in [-0.3, -0.25) is 0 Å². The summed E-state index contributed by atoms with van der Waals surface area (Å²) < 4.78 is 0.803. The standard InChI is InChI=1S/C16H15BrO2/c17-14-10-9-13(15(11-14)16(18)19)8-4-7-12-5-2-1-3-6-12/h1-3,5-6,9-11H,4,7-8H2,(H,18,19). The van der Waals surface area contributed by atoms with Gasteiger partial charge in [0, 0.05) is 4.47 Å². The summed E-state index contributed by atoms with van der Waals surface area (Å²) >= 11 is 3.31. The second-order valence-electron chi connectivity index (χ2n) is 4.45. The molecular formula is C16H15BrO2. The third kappa shape index (κ3) is 3.93. The van der Waals surface area contributed by atoms with Gasteiger partial charge in [0.25, 0.3) is 0 Å². The summed E-state index contributed by atoms with van der Waals surface area (Å²) in [6, 6.07) is 15.7. The van der Waals surface area contributed by atoms with Crippen LogP contribution in [0.1, 0.15) is 27.9 Å². The van der Waals surface area contributed by atoms with Crippen molar-refractivity contribution in [3.05, 3.63) is 69.7 Å². The van der Waals surface area contributed by atoms with Crippen molar-refractivity contribution in [2.24, 2.45) is 0 Å². The average molecular weight is 319 g/mol. The van der Waals surface area contributed by atoms with Crippen molar-refractivity contribution in [1.29, 1.82) is 0 Å². The fraction of sp³-hybridized carbons (Fsp3) is 0.188. The van der Waals surface area contributed by atoms with Crippen molar-refractivity contribution in [1.82, 2.24) is 0 Å². The third-order valence-corrected chi connectivity index (χ3v) is 3.55. The van der Waals surface area contributed by atoms with Crippen LogP contribution in [0.3, 0.4) is 0 Å². The van der Waals surface area contributed by atoms with E-state index >= 15 is 0 Å². The molecule has 2 aromatic rings. The first-order valence-electron chi connectivity index (χ1n) is 6.22. The van der Waals surface area contributed by atoms with E-state index in [1.165, 1.54) is 5.56 Å². The fourth-order valence-electron chi connectivity index (χ4n) is 2.09. The zero-order chi connectivity index (χ0) is 13.7. The number of carboxylic acids is 1. The summed E-state index contributed by atoms with van der Waals surface area (Å²) in [5, 5.41) is 9.19. The molecule has 3 heteroatoms. The summed E-state index contributed by atoms with van der Waals surface area (Å²) in [5.41, 5.74) is 2.57. The fourth-order valence-corrected chi connectivity index (χ4v) is 2.45. The molecule has 2 aromatic carbocycles. The maximum Gasteiger partial charge on any atom is 0.336 e. The van der Waals surface area contributed by atoms with E-state index in [2.05, 4.69) is 28.1 Å². The molecule has 2 nitrogen and oxygen atoms in total. The number of hydrogen-bond acceptors (Lipinski definition) is 1. The van der Waals surface area contributed by atoms with E-state index in [9.17, 15) is 9.90 Å². The van der Waals surface area contributed by atoms with Crippen LogP contribution >= 0.6 is 15.9 Å². The molecule has 19 heavy (non-hydrogen) atoms. The lowest BCUT2D eigenvalue weighted by Gasteiger charge is -2.07. The quantitative estimate of drug-likeness (QED) is 0.891. The Bertz CT molecular complexity index is 564.